The molecule has 1 aliphatic carbocycles. The number of allylic oxidation sites excluding steroid dienone is 4. The largest absolute Gasteiger partial charge is 0.363 e. The number of fused-ring (bicyclic) bond motifs is 3. The summed E-state index contributed by atoms with van der Waals surface area (Å²) in [5.74, 6) is -0.274. The summed E-state index contributed by atoms with van der Waals surface area (Å²) in [4.78, 5) is 15.6. The number of carbonyl (C=O) groups is 1. The monoisotopic (exact) mass is 200 g/mol. The van der Waals surface area contributed by atoms with E-state index >= 15 is 0 Å². The van der Waals surface area contributed by atoms with Crippen molar-refractivity contribution in [3.8, 4) is 0 Å². The molecule has 0 spiro atoms. The summed E-state index contributed by atoms with van der Waals surface area (Å²) in [5, 5.41) is 3.87. The Balaban J connectivity index is 2.32. The van der Waals surface area contributed by atoms with Gasteiger partial charge in [0.25, 0.3) is 5.91 Å². The zero-order valence-electron chi connectivity index (χ0n) is 8.15. The van der Waals surface area contributed by atoms with Gasteiger partial charge in [0.05, 0.1) is 5.71 Å². The van der Waals surface area contributed by atoms with E-state index in [4.69, 9.17) is 4.52 Å². The molecular weight excluding hydrogens is 192 g/mol. The summed E-state index contributed by atoms with van der Waals surface area (Å²) in [5.41, 5.74) is 3.90. The highest BCUT2D eigenvalue weighted by Crippen LogP contribution is 2.31. The van der Waals surface area contributed by atoms with Crippen molar-refractivity contribution in [3.05, 3.63) is 35.2 Å². The first-order chi connectivity index (χ1) is 7.27. The Morgan fingerprint density at radius 2 is 2.33 bits per heavy atom. The van der Waals surface area contributed by atoms with Gasteiger partial charge < -0.3 is 4.52 Å². The lowest BCUT2D eigenvalue weighted by atomic mass is 9.90. The third-order valence-electron chi connectivity index (χ3n) is 2.64. The van der Waals surface area contributed by atoms with Crippen LogP contribution in [0.5, 0.6) is 0 Å². The van der Waals surface area contributed by atoms with Gasteiger partial charge >= 0.3 is 0 Å². The smallest absolute Gasteiger partial charge is 0.283 e. The second-order valence-corrected chi connectivity index (χ2v) is 3.64. The Bertz CT molecular complexity index is 547. The lowest BCUT2D eigenvalue weighted by Crippen LogP contribution is -2.16. The fraction of sp³-hybridized carbons (Fsp3) is 0.182. The van der Waals surface area contributed by atoms with Crippen LogP contribution >= 0.6 is 0 Å². The molecule has 0 aromatic carbocycles. The molecule has 3 rings (SSSR count). The van der Waals surface area contributed by atoms with Crippen molar-refractivity contribution in [1.29, 1.82) is 0 Å². The molecule has 4 heteroatoms. The minimum atomic E-state index is -0.274. The molecule has 2 aliphatic rings. The molecule has 74 valence electrons. The molecule has 0 saturated carbocycles. The maximum absolute atomic E-state index is 11.6. The van der Waals surface area contributed by atoms with Crippen LogP contribution in [0, 0.1) is 0 Å². The number of aromatic nitrogens is 1. The molecule has 1 aliphatic heterocycles. The Morgan fingerprint density at radius 3 is 3.20 bits per heavy atom. The van der Waals surface area contributed by atoms with Gasteiger partial charge in [-0.2, -0.15) is 0 Å². The van der Waals surface area contributed by atoms with E-state index in [0.29, 0.717) is 17.0 Å². The van der Waals surface area contributed by atoms with E-state index in [1.165, 1.54) is 11.8 Å². The van der Waals surface area contributed by atoms with Crippen molar-refractivity contribution in [1.82, 2.24) is 5.16 Å². The summed E-state index contributed by atoms with van der Waals surface area (Å²) in [7, 11) is 0. The molecule has 15 heavy (non-hydrogen) atoms. The number of amides is 1. The fourth-order valence-corrected chi connectivity index (χ4v) is 1.91. The molecule has 0 N–H and O–H groups in total. The van der Waals surface area contributed by atoms with Crippen molar-refractivity contribution >= 4 is 17.2 Å². The van der Waals surface area contributed by atoms with Crippen LogP contribution in [0.25, 0.3) is 5.57 Å². The highest BCUT2D eigenvalue weighted by molar-refractivity contribution is 6.36. The minimum absolute atomic E-state index is 0.274. The van der Waals surface area contributed by atoms with Gasteiger partial charge in [-0.05, 0) is 19.4 Å². The molecule has 0 radical (unpaired) electrons. The minimum Gasteiger partial charge on any atom is -0.363 e. The van der Waals surface area contributed by atoms with Crippen LogP contribution in [0.4, 0.5) is 0 Å². The molecular formula is C11H8N2O2. The maximum Gasteiger partial charge on any atom is 0.283 e. The van der Waals surface area contributed by atoms with E-state index in [1.807, 2.05) is 19.1 Å². The highest BCUT2D eigenvalue weighted by Gasteiger charge is 2.28. The van der Waals surface area contributed by atoms with Crippen molar-refractivity contribution in [2.75, 3.05) is 0 Å². The summed E-state index contributed by atoms with van der Waals surface area (Å²) < 4.78 is 4.83. The van der Waals surface area contributed by atoms with Gasteiger partial charge in [0.2, 0.25) is 0 Å². The second-order valence-electron chi connectivity index (χ2n) is 3.64. The number of nitrogens with zero attached hydrogens (tertiary/aromatic N) is 2. The van der Waals surface area contributed by atoms with Crippen molar-refractivity contribution in [3.63, 3.8) is 0 Å². The van der Waals surface area contributed by atoms with E-state index < -0.39 is 0 Å². The summed E-state index contributed by atoms with van der Waals surface area (Å²) in [6.07, 6.45) is 6.08. The molecule has 0 bridgehead atoms. The van der Waals surface area contributed by atoms with Crippen LogP contribution in [-0.4, -0.2) is 16.8 Å². The fourth-order valence-electron chi connectivity index (χ4n) is 1.91. The first-order valence-electron chi connectivity index (χ1n) is 4.72. The number of rotatable bonds is 0. The van der Waals surface area contributed by atoms with Crippen LogP contribution in [-0.2, 0) is 0 Å². The van der Waals surface area contributed by atoms with E-state index in [9.17, 15) is 4.79 Å². The highest BCUT2D eigenvalue weighted by atomic mass is 16.5. The number of hydrogen-bond acceptors (Lipinski definition) is 3. The Kier molecular flexibility index (Phi) is 1.54. The number of carbonyl (C=O) groups excluding carboxylic acids is 1. The SMILES string of the molecule is CC1=C2C(=NC(=O)c3conc32)C=CC1. The second kappa shape index (κ2) is 2.76. The van der Waals surface area contributed by atoms with E-state index in [1.54, 1.807) is 0 Å². The zero-order chi connectivity index (χ0) is 10.4. The van der Waals surface area contributed by atoms with Crippen LogP contribution in [0.2, 0.25) is 0 Å². The van der Waals surface area contributed by atoms with Crippen LogP contribution in [0.1, 0.15) is 29.4 Å². The predicted octanol–water partition coefficient (Wildman–Crippen LogP) is 2.00. The van der Waals surface area contributed by atoms with Gasteiger partial charge in [-0.25, -0.2) is 4.99 Å². The van der Waals surface area contributed by atoms with E-state index in [0.717, 1.165) is 12.0 Å². The summed E-state index contributed by atoms with van der Waals surface area (Å²) >= 11 is 0. The zero-order valence-corrected chi connectivity index (χ0v) is 8.15. The normalized spacial score (nSPS) is 18.7. The van der Waals surface area contributed by atoms with Crippen LogP contribution < -0.4 is 0 Å². The van der Waals surface area contributed by atoms with Crippen molar-refractivity contribution < 1.29 is 9.32 Å². The Hall–Kier alpha value is -1.97. The Labute approximate surface area is 86.0 Å². The molecule has 2 heterocycles. The van der Waals surface area contributed by atoms with Gasteiger partial charge in [0.15, 0.2) is 0 Å². The first-order valence-corrected chi connectivity index (χ1v) is 4.72. The Morgan fingerprint density at radius 1 is 1.47 bits per heavy atom. The third kappa shape index (κ3) is 1.05. The quantitative estimate of drug-likeness (QED) is 0.643. The van der Waals surface area contributed by atoms with Gasteiger partial charge in [0.1, 0.15) is 17.5 Å². The molecule has 1 aromatic rings. The van der Waals surface area contributed by atoms with Crippen molar-refractivity contribution in [2.24, 2.45) is 4.99 Å². The van der Waals surface area contributed by atoms with Crippen LogP contribution in [0.15, 0.2) is 33.5 Å². The molecule has 0 saturated heterocycles. The third-order valence-corrected chi connectivity index (χ3v) is 2.64. The molecule has 1 aromatic heterocycles. The molecule has 0 atom stereocenters. The van der Waals surface area contributed by atoms with Gasteiger partial charge in [0, 0.05) is 5.57 Å². The van der Waals surface area contributed by atoms with Gasteiger partial charge in [-0.1, -0.05) is 16.8 Å². The van der Waals surface area contributed by atoms with Crippen molar-refractivity contribution in [2.45, 2.75) is 13.3 Å². The molecule has 4 nitrogen and oxygen atoms in total. The van der Waals surface area contributed by atoms with E-state index in [2.05, 4.69) is 10.1 Å². The molecule has 0 unspecified atom stereocenters. The lowest BCUT2D eigenvalue weighted by Gasteiger charge is -2.17. The average molecular weight is 200 g/mol. The average Bonchev–Trinajstić information content (AvgIpc) is 2.66. The first kappa shape index (κ1) is 8.35. The summed E-state index contributed by atoms with van der Waals surface area (Å²) in [6, 6.07) is 0. The van der Waals surface area contributed by atoms with Gasteiger partial charge in [-0.15, -0.1) is 0 Å². The number of aliphatic imine (C=N–C) groups is 1. The molecule has 1 amide bonds. The number of hydrogen-bond donors (Lipinski definition) is 0. The topological polar surface area (TPSA) is 55.5 Å². The molecule has 0 fully saturated rings. The predicted molar refractivity (Wildman–Crippen MR) is 54.6 cm³/mol. The maximum atomic E-state index is 11.6. The standard InChI is InChI=1S/C11H8N2O2/c1-6-3-2-4-8-9(6)10-7(5-15-13-10)11(14)12-8/h2,4-5H,3H2,1H3. The van der Waals surface area contributed by atoms with Gasteiger partial charge in [-0.3, -0.25) is 4.79 Å². The van der Waals surface area contributed by atoms with E-state index in [-0.39, 0.29) is 5.91 Å². The van der Waals surface area contributed by atoms with Crippen LogP contribution in [0.3, 0.4) is 0 Å². The lowest BCUT2D eigenvalue weighted by molar-refractivity contribution is 0.100. The summed E-state index contributed by atoms with van der Waals surface area (Å²) in [6.45, 7) is 2.02.